The summed E-state index contributed by atoms with van der Waals surface area (Å²) in [4.78, 5) is 5.61. The number of fused-ring (bicyclic) bond motifs is 3. The van der Waals surface area contributed by atoms with E-state index >= 15 is 0 Å². The minimum absolute atomic E-state index is 0.776. The molecular weight excluding hydrogens is 524 g/mol. The number of hydrogen-bond donors (Lipinski definition) is 0. The van der Waals surface area contributed by atoms with Crippen molar-refractivity contribution in [2.45, 2.75) is 5.60 Å². The lowest BCUT2D eigenvalue weighted by Crippen LogP contribution is -2.34. The molecule has 0 spiro atoms. The normalized spacial score (nSPS) is 15.5. The predicted octanol–water partition coefficient (Wildman–Crippen LogP) is 10.5. The second-order valence-corrected chi connectivity index (χ2v) is 10.5. The van der Waals surface area contributed by atoms with Gasteiger partial charge in [-0.15, -0.1) is 0 Å². The van der Waals surface area contributed by atoms with Crippen molar-refractivity contribution < 1.29 is 4.74 Å². The Morgan fingerprint density at radius 3 is 1.91 bits per heavy atom. The molecular formula is C40H28N2O. The van der Waals surface area contributed by atoms with Crippen LogP contribution in [0.25, 0.3) is 27.8 Å². The van der Waals surface area contributed by atoms with E-state index < -0.39 is 5.60 Å². The first-order chi connectivity index (χ1) is 21.2. The minimum Gasteiger partial charge on any atom is -0.473 e. The van der Waals surface area contributed by atoms with Crippen LogP contribution in [-0.2, 0) is 5.60 Å². The van der Waals surface area contributed by atoms with Crippen LogP contribution >= 0.6 is 0 Å². The van der Waals surface area contributed by atoms with Crippen LogP contribution in [0.2, 0.25) is 0 Å². The summed E-state index contributed by atoms with van der Waals surface area (Å²) >= 11 is 0. The third-order valence-corrected chi connectivity index (χ3v) is 7.93. The highest BCUT2D eigenvalue weighted by molar-refractivity contribution is 5.97. The van der Waals surface area contributed by atoms with Crippen LogP contribution < -0.4 is 9.64 Å². The molecule has 0 amide bonds. The van der Waals surface area contributed by atoms with Gasteiger partial charge in [-0.2, -0.15) is 0 Å². The topological polar surface area (TPSA) is 16.8 Å². The van der Waals surface area contributed by atoms with E-state index in [1.165, 1.54) is 6.20 Å². The first kappa shape index (κ1) is 26.1. The van der Waals surface area contributed by atoms with Crippen LogP contribution in [0.1, 0.15) is 22.3 Å². The molecule has 0 saturated carbocycles. The van der Waals surface area contributed by atoms with Gasteiger partial charge in [-0.25, -0.2) is 4.85 Å². The molecule has 7 rings (SSSR count). The van der Waals surface area contributed by atoms with Crippen LogP contribution in [0.15, 0.2) is 158 Å². The number of anilines is 3. The van der Waals surface area contributed by atoms with E-state index in [2.05, 4.69) is 125 Å². The van der Waals surface area contributed by atoms with Crippen molar-refractivity contribution >= 4 is 40.0 Å². The highest BCUT2D eigenvalue weighted by Gasteiger charge is 2.37. The fourth-order valence-electron chi connectivity index (χ4n) is 5.86. The Hall–Kier alpha value is -5.85. The lowest BCUT2D eigenvalue weighted by Gasteiger charge is -2.36. The van der Waals surface area contributed by atoms with E-state index in [1.807, 2.05) is 48.5 Å². The van der Waals surface area contributed by atoms with Crippen LogP contribution in [0.3, 0.4) is 0 Å². The van der Waals surface area contributed by atoms with Crippen LogP contribution in [0, 0.1) is 6.57 Å². The van der Waals surface area contributed by atoms with E-state index in [4.69, 9.17) is 11.3 Å². The zero-order valence-corrected chi connectivity index (χ0v) is 23.5. The van der Waals surface area contributed by atoms with Gasteiger partial charge >= 0.3 is 0 Å². The van der Waals surface area contributed by atoms with Crippen molar-refractivity contribution in [2.75, 3.05) is 4.90 Å². The summed E-state index contributed by atoms with van der Waals surface area (Å²) in [5.41, 5.74) is 6.66. The molecule has 0 aromatic heterocycles. The van der Waals surface area contributed by atoms with Gasteiger partial charge in [0.25, 0.3) is 0 Å². The lowest BCUT2D eigenvalue weighted by molar-refractivity contribution is 0.161. The van der Waals surface area contributed by atoms with Gasteiger partial charge in [-0.1, -0.05) is 109 Å². The second-order valence-electron chi connectivity index (χ2n) is 10.5. The molecule has 204 valence electrons. The molecule has 6 aromatic carbocycles. The van der Waals surface area contributed by atoms with Gasteiger partial charge in [-0.3, -0.25) is 0 Å². The van der Waals surface area contributed by atoms with E-state index in [1.54, 1.807) is 0 Å². The molecule has 1 aliphatic rings. The number of para-hydroxylation sites is 2. The average Bonchev–Trinajstić information content (AvgIpc) is 3.08. The summed E-state index contributed by atoms with van der Waals surface area (Å²) in [6.07, 6.45) is 7.66. The molecule has 1 atom stereocenters. The fraction of sp³-hybridized carbons (Fsp3) is 0.0250. The SMILES string of the molecule is [C-]#[N+]/C=C\c1ccc(C2(c3ccccc3)C=Cc3c(ccc4cc(N(c5ccccc5)c5ccccc5)ccc34)O2)cc1. The van der Waals surface area contributed by atoms with Crippen LogP contribution in [0.4, 0.5) is 17.1 Å². The number of ether oxygens (including phenoxy) is 1. The Bertz CT molecular complexity index is 1950. The third kappa shape index (κ3) is 4.86. The number of hydrogen-bond acceptors (Lipinski definition) is 2. The predicted molar refractivity (Wildman–Crippen MR) is 178 cm³/mol. The number of benzene rings is 6. The fourth-order valence-corrected chi connectivity index (χ4v) is 5.86. The Balaban J connectivity index is 1.31. The maximum absolute atomic E-state index is 7.04. The Morgan fingerprint density at radius 2 is 1.26 bits per heavy atom. The molecule has 1 unspecified atom stereocenters. The van der Waals surface area contributed by atoms with Crippen molar-refractivity contribution in [3.63, 3.8) is 0 Å². The molecule has 0 aliphatic carbocycles. The molecule has 43 heavy (non-hydrogen) atoms. The van der Waals surface area contributed by atoms with Gasteiger partial charge in [0, 0.05) is 33.8 Å². The maximum Gasteiger partial charge on any atom is 0.178 e. The Kier molecular flexibility index (Phi) is 6.79. The molecule has 1 heterocycles. The monoisotopic (exact) mass is 552 g/mol. The third-order valence-electron chi connectivity index (χ3n) is 7.93. The lowest BCUT2D eigenvalue weighted by atomic mass is 9.83. The van der Waals surface area contributed by atoms with Crippen LogP contribution in [-0.4, -0.2) is 0 Å². The van der Waals surface area contributed by atoms with E-state index in [0.717, 1.165) is 55.8 Å². The zero-order chi connectivity index (χ0) is 29.1. The summed E-state index contributed by atoms with van der Waals surface area (Å²) in [7, 11) is 0. The zero-order valence-electron chi connectivity index (χ0n) is 23.5. The van der Waals surface area contributed by atoms with Crippen molar-refractivity contribution in [3.8, 4) is 5.75 Å². The molecule has 0 N–H and O–H groups in total. The summed E-state index contributed by atoms with van der Waals surface area (Å²) in [6, 6.07) is 50.3. The van der Waals surface area contributed by atoms with Gasteiger partial charge < -0.3 is 9.64 Å². The Morgan fingerprint density at radius 1 is 0.628 bits per heavy atom. The second kappa shape index (κ2) is 11.2. The van der Waals surface area contributed by atoms with Crippen molar-refractivity contribution in [2.24, 2.45) is 0 Å². The quantitative estimate of drug-likeness (QED) is 0.191. The standard InChI is InChI=1S/C40H28N2O/c1-41-28-26-30-17-20-33(21-18-30)40(32-11-5-2-6-12-32)27-25-38-37-23-22-36(29-31(37)19-24-39(38)43-40)42(34-13-7-3-8-14-34)35-15-9-4-10-16-35/h2-29H/b28-26-. The molecule has 6 aromatic rings. The molecule has 1 aliphatic heterocycles. The maximum atomic E-state index is 7.04. The first-order valence-electron chi connectivity index (χ1n) is 14.3. The summed E-state index contributed by atoms with van der Waals surface area (Å²) in [5, 5.41) is 2.28. The van der Waals surface area contributed by atoms with E-state index in [-0.39, 0.29) is 0 Å². The minimum atomic E-state index is -0.776. The summed E-state index contributed by atoms with van der Waals surface area (Å²) < 4.78 is 6.97. The van der Waals surface area contributed by atoms with Gasteiger partial charge in [-0.05, 0) is 71.0 Å². The van der Waals surface area contributed by atoms with Crippen LogP contribution in [0.5, 0.6) is 5.75 Å². The number of nitrogens with zero attached hydrogens (tertiary/aromatic N) is 2. The van der Waals surface area contributed by atoms with Crippen molar-refractivity contribution in [3.05, 3.63) is 192 Å². The van der Waals surface area contributed by atoms with Crippen molar-refractivity contribution in [1.82, 2.24) is 0 Å². The largest absolute Gasteiger partial charge is 0.473 e. The van der Waals surface area contributed by atoms with E-state index in [9.17, 15) is 0 Å². The van der Waals surface area contributed by atoms with Gasteiger partial charge in [0.2, 0.25) is 0 Å². The summed E-state index contributed by atoms with van der Waals surface area (Å²) in [6.45, 7) is 7.04. The molecule has 3 heteroatoms. The van der Waals surface area contributed by atoms with Gasteiger partial charge in [0.1, 0.15) is 5.75 Å². The Labute approximate surface area is 252 Å². The number of rotatable bonds is 6. The van der Waals surface area contributed by atoms with E-state index in [0.29, 0.717) is 0 Å². The molecule has 0 bridgehead atoms. The van der Waals surface area contributed by atoms with Gasteiger partial charge in [0.15, 0.2) is 11.8 Å². The highest BCUT2D eigenvalue weighted by Crippen LogP contribution is 2.45. The first-order valence-corrected chi connectivity index (χ1v) is 14.3. The summed E-state index contributed by atoms with van der Waals surface area (Å²) in [5.74, 6) is 0.839. The molecule has 0 fully saturated rings. The highest BCUT2D eigenvalue weighted by atomic mass is 16.5. The molecule has 0 saturated heterocycles. The van der Waals surface area contributed by atoms with Gasteiger partial charge in [0.05, 0.1) is 6.57 Å². The smallest absolute Gasteiger partial charge is 0.178 e. The molecule has 3 nitrogen and oxygen atoms in total. The van der Waals surface area contributed by atoms with Crippen molar-refractivity contribution in [1.29, 1.82) is 0 Å². The average molecular weight is 553 g/mol. The molecule has 0 radical (unpaired) electrons.